The Morgan fingerprint density at radius 3 is 2.42 bits per heavy atom. The predicted octanol–water partition coefficient (Wildman–Crippen LogP) is 3.88. The molecule has 0 aliphatic rings. The summed E-state index contributed by atoms with van der Waals surface area (Å²) in [6, 6.07) is 14.8. The number of carbonyl (C=O) groups excluding carboxylic acids is 2. The monoisotopic (exact) mass is 344 g/mol. The molecule has 0 saturated carbocycles. The largest absolute Gasteiger partial charge is 0.348 e. The quantitative estimate of drug-likeness (QED) is 0.894. The van der Waals surface area contributed by atoms with E-state index in [9.17, 15) is 9.59 Å². The Morgan fingerprint density at radius 1 is 1.17 bits per heavy atom. The maximum atomic E-state index is 12.4. The molecule has 4 nitrogen and oxygen atoms in total. The van der Waals surface area contributed by atoms with Crippen molar-refractivity contribution in [2.45, 2.75) is 26.8 Å². The molecule has 5 heteroatoms. The fraction of sp³-hybridized carbons (Fsp3) is 0.263. The normalized spacial score (nSPS) is 11.7. The zero-order valence-electron chi connectivity index (χ0n) is 14.0. The molecule has 0 aliphatic carbocycles. The molecular weight excluding hydrogens is 324 g/mol. The molecule has 0 radical (unpaired) electrons. The molecule has 0 aromatic heterocycles. The minimum Gasteiger partial charge on any atom is -0.348 e. The lowest BCUT2D eigenvalue weighted by atomic mass is 10.1. The lowest BCUT2D eigenvalue weighted by molar-refractivity contribution is -0.123. The summed E-state index contributed by atoms with van der Waals surface area (Å²) in [5.41, 5.74) is 2.55. The number of halogens is 1. The van der Waals surface area contributed by atoms with Crippen molar-refractivity contribution in [3.63, 3.8) is 0 Å². The molecule has 0 aliphatic heterocycles. The third-order valence-electron chi connectivity index (χ3n) is 3.81. The highest BCUT2D eigenvalue weighted by atomic mass is 35.5. The number of amides is 2. The van der Waals surface area contributed by atoms with Crippen molar-refractivity contribution in [1.29, 1.82) is 0 Å². The molecule has 2 amide bonds. The number of carbonyl (C=O) groups is 2. The molecular formula is C19H21ClN2O2. The standard InChI is InChI=1S/C19H21ClN2O2/c1-13-11-17(20)9-10-18(13)22(15(3)23)12-19(24)21-14(2)16-7-5-4-6-8-16/h4-11,14H,12H2,1-3H3,(H,21,24). The van der Waals surface area contributed by atoms with E-state index in [2.05, 4.69) is 5.32 Å². The summed E-state index contributed by atoms with van der Waals surface area (Å²) in [6.45, 7) is 5.19. The van der Waals surface area contributed by atoms with E-state index in [1.165, 1.54) is 11.8 Å². The molecule has 0 fully saturated rings. The summed E-state index contributed by atoms with van der Waals surface area (Å²) in [4.78, 5) is 25.8. The highest BCUT2D eigenvalue weighted by molar-refractivity contribution is 6.30. The number of anilines is 1. The summed E-state index contributed by atoms with van der Waals surface area (Å²) in [6.07, 6.45) is 0. The average molecular weight is 345 g/mol. The van der Waals surface area contributed by atoms with E-state index in [1.54, 1.807) is 18.2 Å². The summed E-state index contributed by atoms with van der Waals surface area (Å²) in [5, 5.41) is 3.52. The van der Waals surface area contributed by atoms with E-state index >= 15 is 0 Å². The molecule has 0 spiro atoms. The van der Waals surface area contributed by atoms with Crippen LogP contribution in [0.2, 0.25) is 5.02 Å². The Balaban J connectivity index is 2.10. The highest BCUT2D eigenvalue weighted by Gasteiger charge is 2.19. The number of hydrogen-bond donors (Lipinski definition) is 1. The highest BCUT2D eigenvalue weighted by Crippen LogP contribution is 2.23. The third-order valence-corrected chi connectivity index (χ3v) is 4.04. The first-order valence-corrected chi connectivity index (χ1v) is 8.15. The van der Waals surface area contributed by atoms with Gasteiger partial charge >= 0.3 is 0 Å². The van der Waals surface area contributed by atoms with Crippen LogP contribution in [0.4, 0.5) is 5.69 Å². The average Bonchev–Trinajstić information content (AvgIpc) is 2.54. The van der Waals surface area contributed by atoms with Crippen molar-refractivity contribution in [1.82, 2.24) is 5.32 Å². The Bertz CT molecular complexity index is 731. The van der Waals surface area contributed by atoms with Crippen LogP contribution < -0.4 is 10.2 Å². The number of aryl methyl sites for hydroxylation is 1. The van der Waals surface area contributed by atoms with Gasteiger partial charge in [-0.05, 0) is 43.2 Å². The molecule has 126 valence electrons. The van der Waals surface area contributed by atoms with E-state index in [0.717, 1.165) is 11.1 Å². The Morgan fingerprint density at radius 2 is 1.83 bits per heavy atom. The van der Waals surface area contributed by atoms with Crippen molar-refractivity contribution in [3.05, 3.63) is 64.7 Å². The molecule has 1 unspecified atom stereocenters. The van der Waals surface area contributed by atoms with Crippen LogP contribution in [-0.4, -0.2) is 18.4 Å². The third kappa shape index (κ3) is 4.59. The number of nitrogens with zero attached hydrogens (tertiary/aromatic N) is 1. The molecule has 2 rings (SSSR count). The van der Waals surface area contributed by atoms with Crippen molar-refractivity contribution in [3.8, 4) is 0 Å². The van der Waals surface area contributed by atoms with Crippen LogP contribution in [0.15, 0.2) is 48.5 Å². The Kier molecular flexibility index (Phi) is 5.99. The van der Waals surface area contributed by atoms with Crippen LogP contribution >= 0.6 is 11.6 Å². The minimum atomic E-state index is -0.212. The van der Waals surface area contributed by atoms with Crippen LogP contribution in [0.3, 0.4) is 0 Å². The van der Waals surface area contributed by atoms with Crippen molar-refractivity contribution in [2.75, 3.05) is 11.4 Å². The first kappa shape index (κ1) is 18.0. The smallest absolute Gasteiger partial charge is 0.240 e. The predicted molar refractivity (Wildman–Crippen MR) is 97.2 cm³/mol. The van der Waals surface area contributed by atoms with Gasteiger partial charge in [0.05, 0.1) is 6.04 Å². The molecule has 0 heterocycles. The molecule has 1 atom stereocenters. The van der Waals surface area contributed by atoms with Crippen LogP contribution in [0.1, 0.15) is 31.0 Å². The number of benzene rings is 2. The lowest BCUT2D eigenvalue weighted by Gasteiger charge is -2.24. The molecule has 0 saturated heterocycles. The summed E-state index contributed by atoms with van der Waals surface area (Å²) < 4.78 is 0. The van der Waals surface area contributed by atoms with Gasteiger partial charge in [0.25, 0.3) is 0 Å². The molecule has 0 bridgehead atoms. The second-order valence-electron chi connectivity index (χ2n) is 5.74. The van der Waals surface area contributed by atoms with Crippen LogP contribution in [-0.2, 0) is 9.59 Å². The van der Waals surface area contributed by atoms with Crippen molar-refractivity contribution in [2.24, 2.45) is 0 Å². The second kappa shape index (κ2) is 7.97. The SMILES string of the molecule is CC(=O)N(CC(=O)NC(C)c1ccccc1)c1ccc(Cl)cc1C. The number of nitrogens with one attached hydrogen (secondary N) is 1. The van der Waals surface area contributed by atoms with Crippen molar-refractivity contribution < 1.29 is 9.59 Å². The summed E-state index contributed by atoms with van der Waals surface area (Å²) >= 11 is 5.96. The Hall–Kier alpha value is -2.33. The van der Waals surface area contributed by atoms with Gasteiger partial charge in [0.15, 0.2) is 0 Å². The van der Waals surface area contributed by atoms with Gasteiger partial charge in [-0.1, -0.05) is 41.9 Å². The van der Waals surface area contributed by atoms with Gasteiger partial charge in [0.1, 0.15) is 6.54 Å². The van der Waals surface area contributed by atoms with Gasteiger partial charge in [0.2, 0.25) is 11.8 Å². The van der Waals surface area contributed by atoms with E-state index in [1.807, 2.05) is 44.2 Å². The Labute approximate surface area is 147 Å². The zero-order chi connectivity index (χ0) is 17.7. The van der Waals surface area contributed by atoms with E-state index < -0.39 is 0 Å². The number of hydrogen-bond acceptors (Lipinski definition) is 2. The first-order chi connectivity index (χ1) is 11.4. The van der Waals surface area contributed by atoms with Gasteiger partial charge in [-0.25, -0.2) is 0 Å². The maximum absolute atomic E-state index is 12.4. The summed E-state index contributed by atoms with van der Waals surface area (Å²) in [5.74, 6) is -0.404. The first-order valence-electron chi connectivity index (χ1n) is 7.77. The van der Waals surface area contributed by atoms with E-state index in [4.69, 9.17) is 11.6 Å². The number of rotatable bonds is 5. The maximum Gasteiger partial charge on any atom is 0.240 e. The van der Waals surface area contributed by atoms with Crippen molar-refractivity contribution >= 4 is 29.1 Å². The van der Waals surface area contributed by atoms with Crippen LogP contribution in [0, 0.1) is 6.92 Å². The van der Waals surface area contributed by atoms with Gasteiger partial charge in [-0.2, -0.15) is 0 Å². The minimum absolute atomic E-state index is 0.0328. The second-order valence-corrected chi connectivity index (χ2v) is 6.17. The van der Waals surface area contributed by atoms with Gasteiger partial charge in [-0.3, -0.25) is 9.59 Å². The molecule has 2 aromatic carbocycles. The van der Waals surface area contributed by atoms with Gasteiger partial charge in [0, 0.05) is 17.6 Å². The summed E-state index contributed by atoms with van der Waals surface area (Å²) in [7, 11) is 0. The topological polar surface area (TPSA) is 49.4 Å². The zero-order valence-corrected chi connectivity index (χ0v) is 14.8. The van der Waals surface area contributed by atoms with Gasteiger partial charge in [-0.15, -0.1) is 0 Å². The fourth-order valence-corrected chi connectivity index (χ4v) is 2.77. The molecule has 1 N–H and O–H groups in total. The van der Waals surface area contributed by atoms with E-state index in [-0.39, 0.29) is 24.4 Å². The van der Waals surface area contributed by atoms with E-state index in [0.29, 0.717) is 10.7 Å². The molecule has 2 aromatic rings. The molecule has 24 heavy (non-hydrogen) atoms. The lowest BCUT2D eigenvalue weighted by Crippen LogP contribution is -2.41. The van der Waals surface area contributed by atoms with Crippen LogP contribution in [0.25, 0.3) is 0 Å². The fourth-order valence-electron chi connectivity index (χ4n) is 2.54. The van der Waals surface area contributed by atoms with Gasteiger partial charge < -0.3 is 10.2 Å². The van der Waals surface area contributed by atoms with Crippen LogP contribution in [0.5, 0.6) is 0 Å².